The van der Waals surface area contributed by atoms with Gasteiger partial charge in [0.25, 0.3) is 0 Å². The maximum atomic E-state index is 11.6. The second-order valence-corrected chi connectivity index (χ2v) is 7.97. The van der Waals surface area contributed by atoms with Gasteiger partial charge in [0.1, 0.15) is 35.5 Å². The highest BCUT2D eigenvalue weighted by Gasteiger charge is 2.27. The summed E-state index contributed by atoms with van der Waals surface area (Å²) in [5.41, 5.74) is 4.60. The molecule has 1 amide bonds. The van der Waals surface area contributed by atoms with Gasteiger partial charge >= 0.3 is 0 Å². The highest BCUT2D eigenvalue weighted by atomic mass is 16.5. The Balaban J connectivity index is 1.51. The van der Waals surface area contributed by atoms with E-state index in [1.807, 2.05) is 61.5 Å². The Morgan fingerprint density at radius 2 is 1.76 bits per heavy atom. The van der Waals surface area contributed by atoms with E-state index in [1.54, 1.807) is 31.3 Å². The van der Waals surface area contributed by atoms with Gasteiger partial charge in [-0.3, -0.25) is 4.79 Å². The number of nitrogens with one attached hydrogen (secondary N) is 1. The van der Waals surface area contributed by atoms with Crippen LogP contribution in [0.1, 0.15) is 47.3 Å². The average Bonchev–Trinajstić information content (AvgIpc) is 3.27. The van der Waals surface area contributed by atoms with Crippen molar-refractivity contribution < 1.29 is 14.3 Å². The number of amides is 1. The Bertz CT molecular complexity index is 1340. The molecule has 3 aromatic rings. The lowest BCUT2D eigenvalue weighted by atomic mass is 10.1. The van der Waals surface area contributed by atoms with Gasteiger partial charge in [-0.15, -0.1) is 0 Å². The number of hydrogen-bond acceptors (Lipinski definition) is 5. The van der Waals surface area contributed by atoms with Crippen LogP contribution in [-0.4, -0.2) is 13.0 Å². The number of nitrogens with zero attached hydrogens (tertiary/aromatic N) is 2. The molecular weight excluding hydrogens is 426 g/mol. The van der Waals surface area contributed by atoms with Crippen molar-refractivity contribution in [2.24, 2.45) is 0 Å². The number of ether oxygens (including phenoxy) is 2. The number of carbonyl (C=O) groups is 1. The van der Waals surface area contributed by atoms with Crippen molar-refractivity contribution in [3.05, 3.63) is 94.6 Å². The van der Waals surface area contributed by atoms with Gasteiger partial charge in [-0.2, -0.15) is 10.5 Å². The summed E-state index contributed by atoms with van der Waals surface area (Å²) in [7, 11) is 1.60. The van der Waals surface area contributed by atoms with Gasteiger partial charge in [0.2, 0.25) is 5.91 Å². The van der Waals surface area contributed by atoms with Crippen LogP contribution in [0.15, 0.2) is 66.7 Å². The largest absolute Gasteiger partial charge is 0.486 e. The van der Waals surface area contributed by atoms with E-state index in [0.717, 1.165) is 46.6 Å². The number of carbonyl (C=O) groups excluding carboxylic acids is 1. The predicted molar refractivity (Wildman–Crippen MR) is 128 cm³/mol. The standard InChI is InChI=1S/C28H23N3O3/c1-18(14-28(32)31-2)19-6-9-22(10-7-19)33-27-13-12-25-24(27)4-3-5-26(25)34-23-11-8-20(16-29)21(15-23)17-30/h3-11,14-15,27H,12-13H2,1-2H3,(H,31,32)/b18-14+. The highest BCUT2D eigenvalue weighted by Crippen LogP contribution is 2.41. The van der Waals surface area contributed by atoms with Crippen LogP contribution >= 0.6 is 0 Å². The first kappa shape index (κ1) is 22.6. The molecule has 0 heterocycles. The topological polar surface area (TPSA) is 95.1 Å². The number of benzene rings is 3. The summed E-state index contributed by atoms with van der Waals surface area (Å²) in [6, 6.07) is 22.5. The van der Waals surface area contributed by atoms with E-state index in [9.17, 15) is 10.1 Å². The number of allylic oxidation sites excluding steroid dienone is 1. The quantitative estimate of drug-likeness (QED) is 0.506. The van der Waals surface area contributed by atoms with Gasteiger partial charge in [-0.25, -0.2) is 0 Å². The first-order valence-electron chi connectivity index (χ1n) is 10.9. The smallest absolute Gasteiger partial charge is 0.244 e. The first-order chi connectivity index (χ1) is 16.5. The van der Waals surface area contributed by atoms with E-state index in [1.165, 1.54) is 0 Å². The maximum absolute atomic E-state index is 11.6. The molecule has 34 heavy (non-hydrogen) atoms. The third-order valence-corrected chi connectivity index (χ3v) is 5.81. The molecule has 1 N–H and O–H groups in total. The van der Waals surface area contributed by atoms with Crippen LogP contribution < -0.4 is 14.8 Å². The van der Waals surface area contributed by atoms with Gasteiger partial charge < -0.3 is 14.8 Å². The van der Waals surface area contributed by atoms with E-state index in [0.29, 0.717) is 11.3 Å². The minimum atomic E-state index is -0.136. The SMILES string of the molecule is CNC(=O)/C=C(\C)c1ccc(OC2CCc3c(Oc4ccc(C#N)c(C#N)c4)cccc32)cc1. The number of likely N-dealkylation sites (N-methyl/N-ethyl adjacent to an activating group) is 1. The third kappa shape index (κ3) is 4.77. The van der Waals surface area contributed by atoms with Crippen LogP contribution in [-0.2, 0) is 11.2 Å². The lowest BCUT2D eigenvalue weighted by Crippen LogP contribution is -2.14. The molecule has 0 saturated carbocycles. The molecule has 0 spiro atoms. The predicted octanol–water partition coefficient (Wildman–Crippen LogP) is 5.44. The van der Waals surface area contributed by atoms with E-state index < -0.39 is 0 Å². The molecule has 0 saturated heterocycles. The fourth-order valence-electron chi connectivity index (χ4n) is 4.02. The summed E-state index contributed by atoms with van der Waals surface area (Å²) >= 11 is 0. The van der Waals surface area contributed by atoms with E-state index in [2.05, 4.69) is 5.32 Å². The Hall–Kier alpha value is -4.55. The molecule has 1 aliphatic carbocycles. The number of rotatable bonds is 6. The minimum absolute atomic E-state index is 0.0949. The molecular formula is C28H23N3O3. The van der Waals surface area contributed by atoms with Crippen molar-refractivity contribution >= 4 is 11.5 Å². The fraction of sp³-hybridized carbons (Fsp3) is 0.179. The summed E-state index contributed by atoms with van der Waals surface area (Å²) in [5.74, 6) is 1.86. The summed E-state index contributed by atoms with van der Waals surface area (Å²) in [5, 5.41) is 21.0. The van der Waals surface area contributed by atoms with Gasteiger partial charge in [-0.05, 0) is 72.9 Å². The van der Waals surface area contributed by atoms with Crippen LogP contribution in [0.3, 0.4) is 0 Å². The third-order valence-electron chi connectivity index (χ3n) is 5.81. The fourth-order valence-corrected chi connectivity index (χ4v) is 4.02. The zero-order valence-electron chi connectivity index (χ0n) is 19.0. The zero-order valence-corrected chi connectivity index (χ0v) is 19.0. The molecule has 3 aromatic carbocycles. The summed E-state index contributed by atoms with van der Waals surface area (Å²) in [4.78, 5) is 11.6. The molecule has 1 unspecified atom stereocenters. The molecule has 0 bridgehead atoms. The van der Waals surface area contributed by atoms with Crippen LogP contribution in [0, 0.1) is 22.7 Å². The molecule has 1 atom stereocenters. The van der Waals surface area contributed by atoms with Crippen LogP contribution in [0.25, 0.3) is 5.57 Å². The molecule has 0 fully saturated rings. The molecule has 6 nitrogen and oxygen atoms in total. The molecule has 0 aliphatic heterocycles. The van der Waals surface area contributed by atoms with Crippen molar-refractivity contribution in [3.8, 4) is 29.4 Å². The van der Waals surface area contributed by atoms with Crippen LogP contribution in [0.4, 0.5) is 0 Å². The van der Waals surface area contributed by atoms with Gasteiger partial charge in [-0.1, -0.05) is 24.3 Å². The van der Waals surface area contributed by atoms with Gasteiger partial charge in [0.15, 0.2) is 0 Å². The summed E-state index contributed by atoms with van der Waals surface area (Å²) in [6.07, 6.45) is 3.11. The number of fused-ring (bicyclic) bond motifs is 1. The Labute approximate surface area is 198 Å². The second-order valence-electron chi connectivity index (χ2n) is 7.97. The Kier molecular flexibility index (Phi) is 6.62. The second kappa shape index (κ2) is 9.94. The van der Waals surface area contributed by atoms with Gasteiger partial charge in [0, 0.05) is 18.7 Å². The van der Waals surface area contributed by atoms with E-state index in [4.69, 9.17) is 14.7 Å². The van der Waals surface area contributed by atoms with Crippen molar-refractivity contribution in [1.82, 2.24) is 5.32 Å². The number of hydrogen-bond donors (Lipinski definition) is 1. The van der Waals surface area contributed by atoms with Crippen molar-refractivity contribution in [1.29, 1.82) is 10.5 Å². The van der Waals surface area contributed by atoms with Crippen LogP contribution in [0.5, 0.6) is 17.2 Å². The van der Waals surface area contributed by atoms with Gasteiger partial charge in [0.05, 0.1) is 11.1 Å². The van der Waals surface area contributed by atoms with E-state index >= 15 is 0 Å². The van der Waals surface area contributed by atoms with Crippen molar-refractivity contribution in [2.45, 2.75) is 25.9 Å². The monoisotopic (exact) mass is 449 g/mol. The molecule has 168 valence electrons. The van der Waals surface area contributed by atoms with Crippen LogP contribution in [0.2, 0.25) is 0 Å². The molecule has 0 aromatic heterocycles. The lowest BCUT2D eigenvalue weighted by molar-refractivity contribution is -0.116. The highest BCUT2D eigenvalue weighted by molar-refractivity contribution is 5.94. The normalized spacial score (nSPS) is 14.5. The van der Waals surface area contributed by atoms with E-state index in [-0.39, 0.29) is 17.6 Å². The average molecular weight is 450 g/mol. The molecule has 1 aliphatic rings. The molecule has 6 heteroatoms. The Morgan fingerprint density at radius 3 is 2.47 bits per heavy atom. The first-order valence-corrected chi connectivity index (χ1v) is 10.9. The maximum Gasteiger partial charge on any atom is 0.244 e. The van der Waals surface area contributed by atoms with Crippen molar-refractivity contribution in [2.75, 3.05) is 7.05 Å². The lowest BCUT2D eigenvalue weighted by Gasteiger charge is -2.16. The summed E-state index contributed by atoms with van der Waals surface area (Å²) < 4.78 is 12.4. The number of nitriles is 2. The van der Waals surface area contributed by atoms with Crippen molar-refractivity contribution in [3.63, 3.8) is 0 Å². The molecule has 4 rings (SSSR count). The summed E-state index contributed by atoms with van der Waals surface area (Å²) in [6.45, 7) is 1.90. The molecule has 0 radical (unpaired) electrons. The minimum Gasteiger partial charge on any atom is -0.486 e. The zero-order chi connectivity index (χ0) is 24.1. The Morgan fingerprint density at radius 1 is 1.03 bits per heavy atom.